The monoisotopic (exact) mass is 292 g/mol. The van der Waals surface area contributed by atoms with Gasteiger partial charge in [-0.25, -0.2) is 0 Å². The molecule has 2 rings (SSSR count). The third-order valence-corrected chi connectivity index (χ3v) is 5.37. The lowest BCUT2D eigenvalue weighted by Gasteiger charge is -2.37. The molecule has 0 spiro atoms. The van der Waals surface area contributed by atoms with Crippen molar-refractivity contribution in [3.63, 3.8) is 0 Å². The highest BCUT2D eigenvalue weighted by Gasteiger charge is 2.34. The Morgan fingerprint density at radius 3 is 2.57 bits per heavy atom. The maximum absolute atomic E-state index is 6.00. The van der Waals surface area contributed by atoms with E-state index >= 15 is 0 Å². The first-order valence-corrected chi connectivity index (χ1v) is 8.54. The van der Waals surface area contributed by atoms with Crippen molar-refractivity contribution in [1.29, 1.82) is 0 Å². The number of aromatic nitrogens is 2. The summed E-state index contributed by atoms with van der Waals surface area (Å²) < 4.78 is 2.13. The Hall–Kier alpha value is -0.870. The van der Waals surface area contributed by atoms with Gasteiger partial charge in [0.05, 0.1) is 5.69 Å². The molecule has 0 radical (unpaired) electrons. The molecule has 3 unspecified atom stereocenters. The molecule has 3 atom stereocenters. The summed E-state index contributed by atoms with van der Waals surface area (Å²) in [5, 5.41) is 4.70. The van der Waals surface area contributed by atoms with Gasteiger partial charge in [0.15, 0.2) is 0 Å². The van der Waals surface area contributed by atoms with Gasteiger partial charge < -0.3 is 5.73 Å². The van der Waals surface area contributed by atoms with Crippen LogP contribution in [0.2, 0.25) is 0 Å². The molecule has 1 aromatic rings. The van der Waals surface area contributed by atoms with Crippen LogP contribution in [0.15, 0.2) is 0 Å². The van der Waals surface area contributed by atoms with Crippen molar-refractivity contribution in [1.82, 2.24) is 14.7 Å². The first-order valence-electron chi connectivity index (χ1n) is 8.54. The predicted molar refractivity (Wildman–Crippen MR) is 88.4 cm³/mol. The zero-order valence-corrected chi connectivity index (χ0v) is 14.4. The largest absolute Gasteiger partial charge is 0.330 e. The third-order valence-electron chi connectivity index (χ3n) is 5.37. The fourth-order valence-electron chi connectivity index (χ4n) is 4.31. The molecular weight excluding hydrogens is 260 g/mol. The first-order chi connectivity index (χ1) is 10.0. The van der Waals surface area contributed by atoms with Crippen molar-refractivity contribution in [3.05, 3.63) is 17.0 Å². The molecule has 1 aliphatic carbocycles. The molecular formula is C17H32N4. The summed E-state index contributed by atoms with van der Waals surface area (Å²) in [6, 6.07) is 1.06. The molecule has 1 aliphatic rings. The van der Waals surface area contributed by atoms with Crippen LogP contribution >= 0.6 is 0 Å². The quantitative estimate of drug-likeness (QED) is 0.876. The summed E-state index contributed by atoms with van der Waals surface area (Å²) in [6.45, 7) is 14.0. The normalized spacial score (nSPS) is 24.0. The van der Waals surface area contributed by atoms with Crippen LogP contribution in [-0.2, 0) is 6.54 Å². The Morgan fingerprint density at radius 2 is 2.05 bits per heavy atom. The van der Waals surface area contributed by atoms with Gasteiger partial charge in [-0.15, -0.1) is 0 Å². The number of aryl methyl sites for hydroxylation is 2. The van der Waals surface area contributed by atoms with E-state index < -0.39 is 0 Å². The zero-order chi connectivity index (χ0) is 15.6. The third kappa shape index (κ3) is 3.02. The van der Waals surface area contributed by atoms with Crippen molar-refractivity contribution in [2.75, 3.05) is 13.1 Å². The van der Waals surface area contributed by atoms with E-state index in [2.05, 4.69) is 44.2 Å². The standard InChI is InChI=1S/C17H32N4/c1-6-20(16-10-8-9-15(16)11-18)13(4)17-12(3)19-21(7-2)14(17)5/h13,15-16H,6-11,18H2,1-5H3. The molecule has 4 heteroatoms. The summed E-state index contributed by atoms with van der Waals surface area (Å²) in [6.07, 6.45) is 3.90. The number of nitrogens with two attached hydrogens (primary N) is 1. The fraction of sp³-hybridized carbons (Fsp3) is 0.824. The zero-order valence-electron chi connectivity index (χ0n) is 14.4. The van der Waals surface area contributed by atoms with Gasteiger partial charge in [0.1, 0.15) is 0 Å². The molecule has 1 heterocycles. The minimum atomic E-state index is 0.424. The van der Waals surface area contributed by atoms with E-state index in [0.717, 1.165) is 19.6 Å². The lowest BCUT2D eigenvalue weighted by Crippen LogP contribution is -2.42. The molecule has 1 saturated carbocycles. The average molecular weight is 292 g/mol. The molecule has 120 valence electrons. The maximum atomic E-state index is 6.00. The molecule has 1 aromatic heterocycles. The molecule has 1 fully saturated rings. The van der Waals surface area contributed by atoms with Crippen LogP contribution in [0.3, 0.4) is 0 Å². The van der Waals surface area contributed by atoms with Gasteiger partial charge >= 0.3 is 0 Å². The first kappa shape index (κ1) is 16.5. The summed E-state index contributed by atoms with van der Waals surface area (Å²) >= 11 is 0. The highest BCUT2D eigenvalue weighted by atomic mass is 15.3. The van der Waals surface area contributed by atoms with Crippen LogP contribution in [0.1, 0.15) is 63.0 Å². The summed E-state index contributed by atoms with van der Waals surface area (Å²) in [5.41, 5.74) is 9.92. The molecule has 4 nitrogen and oxygen atoms in total. The Bertz CT molecular complexity index is 466. The molecule has 2 N–H and O–H groups in total. The second kappa shape index (κ2) is 6.93. The van der Waals surface area contributed by atoms with Crippen LogP contribution in [-0.4, -0.2) is 33.8 Å². The maximum Gasteiger partial charge on any atom is 0.0644 e. The van der Waals surface area contributed by atoms with Crippen LogP contribution in [0.4, 0.5) is 0 Å². The highest BCUT2D eigenvalue weighted by molar-refractivity contribution is 5.28. The van der Waals surface area contributed by atoms with E-state index in [4.69, 9.17) is 10.8 Å². The minimum Gasteiger partial charge on any atom is -0.330 e. The van der Waals surface area contributed by atoms with E-state index in [-0.39, 0.29) is 0 Å². The van der Waals surface area contributed by atoms with Gasteiger partial charge in [0.25, 0.3) is 0 Å². The lowest BCUT2D eigenvalue weighted by molar-refractivity contribution is 0.122. The predicted octanol–water partition coefficient (Wildman–Crippen LogP) is 3.03. The average Bonchev–Trinajstić information content (AvgIpc) is 3.04. The summed E-state index contributed by atoms with van der Waals surface area (Å²) in [4.78, 5) is 2.65. The molecule has 0 amide bonds. The van der Waals surface area contributed by atoms with Gasteiger partial charge in [-0.3, -0.25) is 9.58 Å². The number of hydrogen-bond acceptors (Lipinski definition) is 3. The van der Waals surface area contributed by atoms with E-state index in [1.807, 2.05) is 0 Å². The molecule has 0 bridgehead atoms. The van der Waals surface area contributed by atoms with Gasteiger partial charge in [-0.05, 0) is 59.5 Å². The smallest absolute Gasteiger partial charge is 0.0644 e. The summed E-state index contributed by atoms with van der Waals surface area (Å²) in [7, 11) is 0. The fourth-order valence-corrected chi connectivity index (χ4v) is 4.31. The molecule has 0 saturated heterocycles. The van der Waals surface area contributed by atoms with E-state index in [9.17, 15) is 0 Å². The van der Waals surface area contributed by atoms with Crippen molar-refractivity contribution < 1.29 is 0 Å². The highest BCUT2D eigenvalue weighted by Crippen LogP contribution is 2.36. The Labute approximate surface area is 129 Å². The van der Waals surface area contributed by atoms with Crippen molar-refractivity contribution in [3.8, 4) is 0 Å². The number of rotatable bonds is 6. The Morgan fingerprint density at radius 1 is 1.33 bits per heavy atom. The van der Waals surface area contributed by atoms with Gasteiger partial charge in [0, 0.05) is 29.9 Å². The molecule has 0 aliphatic heterocycles. The summed E-state index contributed by atoms with van der Waals surface area (Å²) in [5.74, 6) is 0.661. The van der Waals surface area contributed by atoms with Crippen molar-refractivity contribution in [2.45, 2.75) is 72.5 Å². The molecule has 0 aromatic carbocycles. The second-order valence-corrected chi connectivity index (χ2v) is 6.40. The SMILES string of the molecule is CCN(C(C)c1c(C)nn(CC)c1C)C1CCCC1CN. The van der Waals surface area contributed by atoms with Gasteiger partial charge in [0.2, 0.25) is 0 Å². The minimum absolute atomic E-state index is 0.424. The van der Waals surface area contributed by atoms with Crippen LogP contribution < -0.4 is 5.73 Å². The van der Waals surface area contributed by atoms with Crippen LogP contribution in [0.5, 0.6) is 0 Å². The molecule has 21 heavy (non-hydrogen) atoms. The van der Waals surface area contributed by atoms with Gasteiger partial charge in [-0.1, -0.05) is 13.3 Å². The number of nitrogens with zero attached hydrogens (tertiary/aromatic N) is 3. The van der Waals surface area contributed by atoms with Crippen molar-refractivity contribution >= 4 is 0 Å². The second-order valence-electron chi connectivity index (χ2n) is 6.40. The van der Waals surface area contributed by atoms with Crippen molar-refractivity contribution in [2.24, 2.45) is 11.7 Å². The van der Waals surface area contributed by atoms with Gasteiger partial charge in [-0.2, -0.15) is 5.10 Å². The lowest BCUT2D eigenvalue weighted by atomic mass is 9.97. The van der Waals surface area contributed by atoms with E-state index in [1.54, 1.807) is 0 Å². The Balaban J connectivity index is 2.28. The van der Waals surface area contributed by atoms with Crippen LogP contribution in [0, 0.1) is 19.8 Å². The van der Waals surface area contributed by atoms with E-state index in [1.165, 1.54) is 36.2 Å². The number of hydrogen-bond donors (Lipinski definition) is 1. The topological polar surface area (TPSA) is 47.1 Å². The Kier molecular flexibility index (Phi) is 5.44. The van der Waals surface area contributed by atoms with Crippen LogP contribution in [0.25, 0.3) is 0 Å². The van der Waals surface area contributed by atoms with E-state index in [0.29, 0.717) is 18.0 Å².